The van der Waals surface area contributed by atoms with Gasteiger partial charge in [0, 0.05) is 17.8 Å². The van der Waals surface area contributed by atoms with Crippen LogP contribution >= 0.6 is 0 Å². The van der Waals surface area contributed by atoms with Crippen LogP contribution in [0.5, 0.6) is 5.75 Å². The van der Waals surface area contributed by atoms with Crippen LogP contribution in [0.3, 0.4) is 0 Å². The molecule has 0 spiro atoms. The van der Waals surface area contributed by atoms with Gasteiger partial charge in [-0.2, -0.15) is 0 Å². The summed E-state index contributed by atoms with van der Waals surface area (Å²) in [5, 5.41) is 8.79. The van der Waals surface area contributed by atoms with Gasteiger partial charge in [-0.15, -0.1) is 0 Å². The van der Waals surface area contributed by atoms with E-state index in [1.165, 1.54) is 5.57 Å². The molecule has 182 valence electrons. The zero-order chi connectivity index (χ0) is 24.8. The summed E-state index contributed by atoms with van der Waals surface area (Å²) in [6, 6.07) is 18.3. The van der Waals surface area contributed by atoms with E-state index in [0.29, 0.717) is 19.6 Å². The monoisotopic (exact) mass is 463 g/mol. The molecule has 0 aliphatic rings. The number of para-hydroxylation sites is 1. The molecule has 0 aromatic heterocycles. The minimum atomic E-state index is -0.755. The van der Waals surface area contributed by atoms with Gasteiger partial charge >= 0.3 is 5.97 Å². The number of ether oxygens (including phenoxy) is 2. The maximum atomic E-state index is 10.7. The zero-order valence-electron chi connectivity index (χ0n) is 20.8. The van der Waals surface area contributed by atoms with Gasteiger partial charge in [-0.3, -0.25) is 4.79 Å². The predicted molar refractivity (Wildman–Crippen MR) is 139 cm³/mol. The van der Waals surface area contributed by atoms with Crippen LogP contribution in [0.25, 0.3) is 0 Å². The van der Waals surface area contributed by atoms with E-state index in [1.807, 2.05) is 61.5 Å². The quantitative estimate of drug-likeness (QED) is 0.247. The molecule has 0 aliphatic carbocycles. The van der Waals surface area contributed by atoms with Crippen molar-refractivity contribution >= 4 is 11.7 Å². The molecule has 0 aliphatic heterocycles. The molecule has 0 atom stereocenters. The van der Waals surface area contributed by atoms with E-state index >= 15 is 0 Å². The van der Waals surface area contributed by atoms with Gasteiger partial charge in [0.1, 0.15) is 12.4 Å². The van der Waals surface area contributed by atoms with E-state index in [9.17, 15) is 4.79 Å². The molecule has 2 rings (SSSR count). The summed E-state index contributed by atoms with van der Waals surface area (Å²) in [7, 11) is 1.67. The number of rotatable bonds is 14. The molecule has 34 heavy (non-hydrogen) atoms. The summed E-state index contributed by atoms with van der Waals surface area (Å²) in [4.78, 5) is 13.0. The number of aliphatic carboxylic acids is 1. The molecule has 2 aromatic carbocycles. The van der Waals surface area contributed by atoms with Crippen molar-refractivity contribution in [3.63, 3.8) is 0 Å². The van der Waals surface area contributed by atoms with Crippen molar-refractivity contribution in [2.24, 2.45) is 0 Å². The van der Waals surface area contributed by atoms with Gasteiger partial charge in [-0.1, -0.05) is 43.3 Å². The van der Waals surface area contributed by atoms with Crippen LogP contribution in [0.2, 0.25) is 0 Å². The number of allylic oxidation sites excluding steroid dienone is 5. The molecular formula is C29H37NO4. The number of hydrogen-bond donors (Lipinski definition) is 1. The second-order valence-corrected chi connectivity index (χ2v) is 8.09. The minimum Gasteiger partial charge on any atom is -0.501 e. The van der Waals surface area contributed by atoms with Crippen molar-refractivity contribution in [3.05, 3.63) is 95.4 Å². The normalized spacial score (nSPS) is 12.4. The third kappa shape index (κ3) is 9.18. The second kappa shape index (κ2) is 14.6. The Morgan fingerprint density at radius 2 is 1.76 bits per heavy atom. The molecule has 0 heterocycles. The van der Waals surface area contributed by atoms with E-state index in [2.05, 4.69) is 37.0 Å². The van der Waals surface area contributed by atoms with Gasteiger partial charge in [-0.25, -0.2) is 0 Å². The molecule has 5 heteroatoms. The fourth-order valence-corrected chi connectivity index (χ4v) is 3.43. The Balaban J connectivity index is 2.12. The predicted octanol–water partition coefficient (Wildman–Crippen LogP) is 6.77. The number of aryl methyl sites for hydroxylation is 1. The number of carbonyl (C=O) groups is 1. The summed E-state index contributed by atoms with van der Waals surface area (Å²) >= 11 is 0. The highest BCUT2D eigenvalue weighted by Gasteiger charge is 2.12. The molecule has 0 saturated carbocycles. The Labute approximate surface area is 204 Å². The topological polar surface area (TPSA) is 59.0 Å². The average Bonchev–Trinajstić information content (AvgIpc) is 2.85. The van der Waals surface area contributed by atoms with Crippen LogP contribution in [0.15, 0.2) is 89.9 Å². The summed E-state index contributed by atoms with van der Waals surface area (Å²) < 4.78 is 11.3. The number of nitrogens with zero attached hydrogens (tertiary/aromatic N) is 1. The molecule has 0 fully saturated rings. The smallest absolute Gasteiger partial charge is 0.303 e. The maximum Gasteiger partial charge on any atom is 0.303 e. The summed E-state index contributed by atoms with van der Waals surface area (Å²) in [5.41, 5.74) is 4.66. The van der Waals surface area contributed by atoms with Gasteiger partial charge < -0.3 is 19.5 Å². The lowest BCUT2D eigenvalue weighted by molar-refractivity contribution is -0.137. The molecule has 0 radical (unpaired) electrons. The highest BCUT2D eigenvalue weighted by atomic mass is 16.5. The minimum absolute atomic E-state index is 0.190. The highest BCUT2D eigenvalue weighted by Crippen LogP contribution is 2.24. The summed E-state index contributed by atoms with van der Waals surface area (Å²) in [6.07, 6.45) is 8.63. The summed E-state index contributed by atoms with van der Waals surface area (Å²) in [5.74, 6) is 0.905. The number of anilines is 1. The van der Waals surface area contributed by atoms with E-state index in [4.69, 9.17) is 14.6 Å². The number of carboxylic acid groups (broad SMARTS) is 1. The van der Waals surface area contributed by atoms with Gasteiger partial charge in [0.2, 0.25) is 0 Å². The molecule has 1 N–H and O–H groups in total. The fourth-order valence-electron chi connectivity index (χ4n) is 3.43. The van der Waals surface area contributed by atoms with Crippen molar-refractivity contribution in [2.75, 3.05) is 25.2 Å². The lowest BCUT2D eigenvalue weighted by Crippen LogP contribution is -2.28. The van der Waals surface area contributed by atoms with E-state index in [0.717, 1.165) is 41.3 Å². The van der Waals surface area contributed by atoms with Crippen molar-refractivity contribution in [1.82, 2.24) is 0 Å². The third-order valence-electron chi connectivity index (χ3n) is 5.60. The lowest BCUT2D eigenvalue weighted by Gasteiger charge is -2.28. The largest absolute Gasteiger partial charge is 0.501 e. The number of benzene rings is 2. The summed E-state index contributed by atoms with van der Waals surface area (Å²) in [6.45, 7) is 7.47. The molecule has 5 nitrogen and oxygen atoms in total. The third-order valence-corrected chi connectivity index (χ3v) is 5.60. The van der Waals surface area contributed by atoms with Crippen LogP contribution in [0.4, 0.5) is 5.69 Å². The van der Waals surface area contributed by atoms with Gasteiger partial charge in [0.15, 0.2) is 0 Å². The Morgan fingerprint density at radius 1 is 1.06 bits per heavy atom. The molecule has 2 aromatic rings. The molecule has 0 bridgehead atoms. The molecule has 0 unspecified atom stereocenters. The average molecular weight is 464 g/mol. The first-order valence-electron chi connectivity index (χ1n) is 11.8. The van der Waals surface area contributed by atoms with Crippen molar-refractivity contribution < 1.29 is 19.4 Å². The van der Waals surface area contributed by atoms with Crippen molar-refractivity contribution in [2.45, 2.75) is 46.5 Å². The van der Waals surface area contributed by atoms with Gasteiger partial charge in [0.05, 0.1) is 19.4 Å². The van der Waals surface area contributed by atoms with Gasteiger partial charge in [-0.05, 0) is 80.7 Å². The van der Waals surface area contributed by atoms with Crippen LogP contribution in [-0.2, 0) is 16.0 Å². The molecule has 0 amide bonds. The van der Waals surface area contributed by atoms with Crippen molar-refractivity contribution in [1.29, 1.82) is 0 Å². The maximum absolute atomic E-state index is 10.7. The first kappa shape index (κ1) is 26.8. The zero-order valence-corrected chi connectivity index (χ0v) is 20.8. The Kier molecular flexibility index (Phi) is 11.5. The van der Waals surface area contributed by atoms with Gasteiger partial charge in [0.25, 0.3) is 0 Å². The van der Waals surface area contributed by atoms with Crippen LogP contribution < -0.4 is 9.64 Å². The van der Waals surface area contributed by atoms with E-state index < -0.39 is 5.97 Å². The standard InChI is InChI=1S/C29H37NO4/c1-5-23(2)28(15-9-11-24(3)33-4)30(26-13-7-6-8-14-26)21-22-34-27-19-17-25(18-20-27)12-10-16-29(31)32/h6-9,11,13-15,17-20H,5,10,12,16,21-22H2,1-4H3,(H,31,32)/b15-9-,24-11+,28-23-. The number of methoxy groups -OCH3 is 1. The second-order valence-electron chi connectivity index (χ2n) is 8.09. The first-order valence-corrected chi connectivity index (χ1v) is 11.8. The fraction of sp³-hybridized carbons (Fsp3) is 0.345. The SMILES string of the molecule is CC/C(C)=C(/C=C\C=C(/C)OC)N(CCOc1ccc(CCCC(=O)O)cc1)c1ccccc1. The molecular weight excluding hydrogens is 426 g/mol. The van der Waals surface area contributed by atoms with Crippen LogP contribution in [-0.4, -0.2) is 31.3 Å². The van der Waals surface area contributed by atoms with Crippen LogP contribution in [0.1, 0.15) is 45.6 Å². The Hall–Kier alpha value is -3.47. The van der Waals surface area contributed by atoms with Crippen LogP contribution in [0, 0.1) is 0 Å². The number of carboxylic acids is 1. The van der Waals surface area contributed by atoms with E-state index in [1.54, 1.807) is 7.11 Å². The highest BCUT2D eigenvalue weighted by molar-refractivity contribution is 5.66. The lowest BCUT2D eigenvalue weighted by atomic mass is 10.1. The van der Waals surface area contributed by atoms with Crippen molar-refractivity contribution in [3.8, 4) is 5.75 Å². The Morgan fingerprint density at radius 3 is 2.38 bits per heavy atom. The number of hydrogen-bond acceptors (Lipinski definition) is 4. The molecule has 0 saturated heterocycles. The first-order chi connectivity index (χ1) is 16.4. The Bertz CT molecular complexity index is 975. The van der Waals surface area contributed by atoms with E-state index in [-0.39, 0.29) is 6.42 Å².